The van der Waals surface area contributed by atoms with E-state index in [2.05, 4.69) is 32.6 Å². The first-order chi connectivity index (χ1) is 17.2. The zero-order chi connectivity index (χ0) is 24.0. The van der Waals surface area contributed by atoms with Gasteiger partial charge in [-0.3, -0.25) is 9.36 Å². The Hall–Kier alpha value is -4.24. The third-order valence-electron chi connectivity index (χ3n) is 5.13. The Bertz CT molecular complexity index is 1420. The third kappa shape index (κ3) is 5.47. The van der Waals surface area contributed by atoms with E-state index >= 15 is 0 Å². The lowest BCUT2D eigenvalue weighted by atomic mass is 10.1. The van der Waals surface area contributed by atoms with Crippen LogP contribution in [-0.4, -0.2) is 25.7 Å². The molecular weight excluding hydrogens is 465 g/mol. The summed E-state index contributed by atoms with van der Waals surface area (Å²) in [7, 11) is 0. The van der Waals surface area contributed by atoms with Crippen LogP contribution >= 0.6 is 11.8 Å². The molecule has 35 heavy (non-hydrogen) atoms. The van der Waals surface area contributed by atoms with E-state index < -0.39 is 5.91 Å². The van der Waals surface area contributed by atoms with Crippen LogP contribution in [0.3, 0.4) is 0 Å². The first-order valence-corrected chi connectivity index (χ1v) is 11.8. The first-order valence-electron chi connectivity index (χ1n) is 10.8. The lowest BCUT2D eigenvalue weighted by Crippen LogP contribution is -2.12. The number of rotatable bonds is 8. The summed E-state index contributed by atoms with van der Waals surface area (Å²) in [4.78, 5) is 16.7. The Morgan fingerprint density at radius 1 is 0.943 bits per heavy atom. The second-order valence-electron chi connectivity index (χ2n) is 7.61. The van der Waals surface area contributed by atoms with Gasteiger partial charge in [0.05, 0.1) is 5.75 Å². The van der Waals surface area contributed by atoms with Crippen molar-refractivity contribution in [3.05, 3.63) is 120 Å². The number of nitrogens with one attached hydrogen (secondary N) is 1. The minimum Gasteiger partial charge on any atom is -0.447 e. The van der Waals surface area contributed by atoms with Gasteiger partial charge < -0.3 is 9.73 Å². The number of aromatic nitrogens is 4. The topological polar surface area (TPSA) is 85.8 Å². The number of oxazole rings is 1. The van der Waals surface area contributed by atoms with Gasteiger partial charge in [0.2, 0.25) is 5.89 Å². The van der Waals surface area contributed by atoms with Crippen LogP contribution < -0.4 is 5.32 Å². The van der Waals surface area contributed by atoms with Crippen molar-refractivity contribution in [3.63, 3.8) is 0 Å². The average Bonchev–Trinajstić information content (AvgIpc) is 3.52. The fraction of sp³-hybridized carbons (Fsp3) is 0.0769. The number of nitrogens with zero attached hydrogens (tertiary/aromatic N) is 4. The smallest absolute Gasteiger partial charge is 0.277 e. The second kappa shape index (κ2) is 10.4. The molecule has 0 saturated carbocycles. The molecule has 174 valence electrons. The van der Waals surface area contributed by atoms with E-state index in [9.17, 15) is 9.18 Å². The lowest BCUT2D eigenvalue weighted by molar-refractivity contribution is 0.102. The molecule has 0 saturated heterocycles. The molecule has 7 nitrogen and oxygen atoms in total. The fourth-order valence-corrected chi connectivity index (χ4v) is 4.28. The van der Waals surface area contributed by atoms with Gasteiger partial charge in [-0.05, 0) is 42.0 Å². The monoisotopic (exact) mass is 485 g/mol. The average molecular weight is 486 g/mol. The van der Waals surface area contributed by atoms with Crippen LogP contribution in [0, 0.1) is 5.82 Å². The number of hydrogen-bond donors (Lipinski definition) is 1. The summed E-state index contributed by atoms with van der Waals surface area (Å²) in [5.41, 5.74) is 2.70. The molecule has 0 fully saturated rings. The molecule has 3 aromatic carbocycles. The molecule has 0 aliphatic heterocycles. The van der Waals surface area contributed by atoms with Crippen LogP contribution in [0.5, 0.6) is 0 Å². The predicted octanol–water partition coefficient (Wildman–Crippen LogP) is 5.53. The number of carbonyl (C=O) groups is 1. The third-order valence-corrected chi connectivity index (χ3v) is 6.04. The van der Waals surface area contributed by atoms with E-state index in [1.54, 1.807) is 0 Å². The van der Waals surface area contributed by atoms with E-state index in [1.165, 1.54) is 42.3 Å². The molecule has 0 aliphatic carbocycles. The van der Waals surface area contributed by atoms with Crippen LogP contribution in [0.25, 0.3) is 5.69 Å². The maximum Gasteiger partial charge on any atom is 0.277 e. The molecule has 0 unspecified atom stereocenters. The normalized spacial score (nSPS) is 10.9. The van der Waals surface area contributed by atoms with Gasteiger partial charge in [-0.25, -0.2) is 9.37 Å². The predicted molar refractivity (Wildman–Crippen MR) is 131 cm³/mol. The summed E-state index contributed by atoms with van der Waals surface area (Å²) in [6.45, 7) is 0. The number of halogens is 1. The standard InChI is InChI=1S/C26H20FN5O2S/c27-19-11-13-20(14-12-19)28-25(33)22-16-34-24(29-22)17-35-26-31-30-23(15-18-7-3-1-4-8-18)32(26)21-9-5-2-6-10-21/h1-14,16H,15,17H2,(H,28,33). The Balaban J connectivity index is 1.31. The van der Waals surface area contributed by atoms with Crippen LogP contribution in [0.2, 0.25) is 0 Å². The maximum absolute atomic E-state index is 13.1. The zero-order valence-corrected chi connectivity index (χ0v) is 19.3. The van der Waals surface area contributed by atoms with E-state index in [0.29, 0.717) is 28.9 Å². The van der Waals surface area contributed by atoms with Crippen molar-refractivity contribution >= 4 is 23.4 Å². The van der Waals surface area contributed by atoms with E-state index in [1.807, 2.05) is 53.1 Å². The summed E-state index contributed by atoms with van der Waals surface area (Å²) >= 11 is 1.42. The molecule has 1 amide bonds. The van der Waals surface area contributed by atoms with Crippen molar-refractivity contribution in [2.45, 2.75) is 17.3 Å². The van der Waals surface area contributed by atoms with Gasteiger partial charge in [-0.15, -0.1) is 10.2 Å². The molecule has 9 heteroatoms. The highest BCUT2D eigenvalue weighted by Crippen LogP contribution is 2.26. The van der Waals surface area contributed by atoms with E-state index in [4.69, 9.17) is 4.42 Å². The van der Waals surface area contributed by atoms with Crippen molar-refractivity contribution in [1.29, 1.82) is 0 Å². The number of para-hydroxylation sites is 1. The highest BCUT2D eigenvalue weighted by molar-refractivity contribution is 7.98. The Morgan fingerprint density at radius 2 is 1.66 bits per heavy atom. The molecule has 0 radical (unpaired) electrons. The van der Waals surface area contributed by atoms with Crippen LogP contribution in [0.4, 0.5) is 10.1 Å². The van der Waals surface area contributed by atoms with E-state index in [-0.39, 0.29) is 11.5 Å². The molecule has 2 heterocycles. The van der Waals surface area contributed by atoms with Crippen molar-refractivity contribution in [1.82, 2.24) is 19.7 Å². The molecular formula is C26H20FN5O2S. The summed E-state index contributed by atoms with van der Waals surface area (Å²) in [5.74, 6) is 0.747. The van der Waals surface area contributed by atoms with E-state index in [0.717, 1.165) is 17.1 Å². The van der Waals surface area contributed by atoms with Crippen molar-refractivity contribution < 1.29 is 13.6 Å². The van der Waals surface area contributed by atoms with Gasteiger partial charge in [0.1, 0.15) is 17.9 Å². The summed E-state index contributed by atoms with van der Waals surface area (Å²) in [6, 6.07) is 25.5. The van der Waals surface area contributed by atoms with Gasteiger partial charge in [0, 0.05) is 17.8 Å². The molecule has 0 bridgehead atoms. The minimum absolute atomic E-state index is 0.138. The van der Waals surface area contributed by atoms with Gasteiger partial charge in [0.15, 0.2) is 10.9 Å². The van der Waals surface area contributed by atoms with Gasteiger partial charge in [0.25, 0.3) is 5.91 Å². The van der Waals surface area contributed by atoms with Gasteiger partial charge in [-0.1, -0.05) is 60.3 Å². The fourth-order valence-electron chi connectivity index (χ4n) is 3.46. The minimum atomic E-state index is -0.436. The Morgan fingerprint density at radius 3 is 2.40 bits per heavy atom. The SMILES string of the molecule is O=C(Nc1ccc(F)cc1)c1coc(CSc2nnc(Cc3ccccc3)n2-c2ccccc2)n1. The van der Waals surface area contributed by atoms with Crippen LogP contribution in [0.1, 0.15) is 27.8 Å². The molecule has 2 aromatic heterocycles. The Kier molecular flexibility index (Phi) is 6.67. The number of anilines is 1. The number of thioether (sulfide) groups is 1. The zero-order valence-electron chi connectivity index (χ0n) is 18.5. The van der Waals surface area contributed by atoms with Gasteiger partial charge >= 0.3 is 0 Å². The highest BCUT2D eigenvalue weighted by atomic mass is 32.2. The Labute approximate surface area is 205 Å². The largest absolute Gasteiger partial charge is 0.447 e. The van der Waals surface area contributed by atoms with Crippen LogP contribution in [0.15, 0.2) is 101 Å². The lowest BCUT2D eigenvalue weighted by Gasteiger charge is -2.10. The number of amides is 1. The summed E-state index contributed by atoms with van der Waals surface area (Å²) < 4.78 is 20.6. The summed E-state index contributed by atoms with van der Waals surface area (Å²) in [6.07, 6.45) is 1.94. The maximum atomic E-state index is 13.1. The summed E-state index contributed by atoms with van der Waals surface area (Å²) in [5, 5.41) is 12.2. The van der Waals surface area contributed by atoms with Gasteiger partial charge in [-0.2, -0.15) is 0 Å². The first kappa shape index (κ1) is 22.5. The number of benzene rings is 3. The van der Waals surface area contributed by atoms with Crippen molar-refractivity contribution in [2.75, 3.05) is 5.32 Å². The molecule has 0 spiro atoms. The number of carbonyl (C=O) groups excluding carboxylic acids is 1. The van der Waals surface area contributed by atoms with Crippen molar-refractivity contribution in [2.24, 2.45) is 0 Å². The molecule has 0 aliphatic rings. The molecule has 0 atom stereocenters. The quantitative estimate of drug-likeness (QED) is 0.291. The highest BCUT2D eigenvalue weighted by Gasteiger charge is 2.17. The molecule has 5 aromatic rings. The second-order valence-corrected chi connectivity index (χ2v) is 8.55. The molecule has 5 rings (SSSR count). The molecule has 1 N–H and O–H groups in total. The van der Waals surface area contributed by atoms with Crippen LogP contribution in [-0.2, 0) is 12.2 Å². The van der Waals surface area contributed by atoms with Crippen molar-refractivity contribution in [3.8, 4) is 5.69 Å². The number of hydrogen-bond acceptors (Lipinski definition) is 6.